The summed E-state index contributed by atoms with van der Waals surface area (Å²) in [4.78, 5) is 26.5. The molecule has 1 atom stereocenters. The van der Waals surface area contributed by atoms with Gasteiger partial charge < -0.3 is 19.7 Å². The summed E-state index contributed by atoms with van der Waals surface area (Å²) in [6.45, 7) is 6.20. The van der Waals surface area contributed by atoms with E-state index in [9.17, 15) is 18.0 Å². The number of sulfonamides is 1. The molecular weight excluding hydrogens is 398 g/mol. The Morgan fingerprint density at radius 3 is 2.52 bits per heavy atom. The van der Waals surface area contributed by atoms with Gasteiger partial charge in [0.1, 0.15) is 11.4 Å². The second kappa shape index (κ2) is 8.89. The maximum Gasteiger partial charge on any atom is 0.410 e. The first-order valence-corrected chi connectivity index (χ1v) is 11.2. The molecule has 0 spiro atoms. The molecule has 2 rings (SSSR count). The number of carbonyl (C=O) groups is 2. The smallest absolute Gasteiger partial charge is 0.410 e. The Kier molecular flexibility index (Phi) is 6.99. The lowest BCUT2D eigenvalue weighted by Gasteiger charge is -2.33. The Labute approximate surface area is 171 Å². The van der Waals surface area contributed by atoms with Crippen molar-refractivity contribution in [2.45, 2.75) is 39.2 Å². The maximum atomic E-state index is 12.7. The summed E-state index contributed by atoms with van der Waals surface area (Å²) in [6.07, 6.45) is 1.95. The number of methoxy groups -OCH3 is 1. The van der Waals surface area contributed by atoms with E-state index in [0.717, 1.165) is 6.26 Å². The van der Waals surface area contributed by atoms with Gasteiger partial charge in [0.05, 0.1) is 25.0 Å². The highest BCUT2D eigenvalue weighted by Gasteiger charge is 2.31. The van der Waals surface area contributed by atoms with Crippen molar-refractivity contribution in [2.75, 3.05) is 36.5 Å². The van der Waals surface area contributed by atoms with Crippen LogP contribution in [0, 0.1) is 5.92 Å². The van der Waals surface area contributed by atoms with Gasteiger partial charge >= 0.3 is 6.09 Å². The molecule has 1 unspecified atom stereocenters. The van der Waals surface area contributed by atoms with Crippen LogP contribution in [-0.2, 0) is 19.6 Å². The molecule has 9 nitrogen and oxygen atoms in total. The number of nitrogens with one attached hydrogen (secondary N) is 2. The van der Waals surface area contributed by atoms with Crippen molar-refractivity contribution in [3.05, 3.63) is 18.2 Å². The Balaban J connectivity index is 2.07. The predicted molar refractivity (Wildman–Crippen MR) is 111 cm³/mol. The lowest BCUT2D eigenvalue weighted by molar-refractivity contribution is -0.121. The third-order valence-corrected chi connectivity index (χ3v) is 4.80. The van der Waals surface area contributed by atoms with E-state index in [1.165, 1.54) is 13.2 Å². The third kappa shape index (κ3) is 7.12. The lowest BCUT2D eigenvalue weighted by atomic mass is 9.97. The minimum atomic E-state index is -3.51. The summed E-state index contributed by atoms with van der Waals surface area (Å²) in [5.41, 5.74) is 0.0569. The van der Waals surface area contributed by atoms with Gasteiger partial charge in [0.15, 0.2) is 0 Å². The van der Waals surface area contributed by atoms with Gasteiger partial charge in [0.2, 0.25) is 15.9 Å². The Hall–Kier alpha value is -2.49. The van der Waals surface area contributed by atoms with Crippen LogP contribution in [-0.4, -0.2) is 57.4 Å². The Morgan fingerprint density at radius 2 is 1.93 bits per heavy atom. The number of ether oxygens (including phenoxy) is 2. The number of hydrogen-bond acceptors (Lipinski definition) is 6. The van der Waals surface area contributed by atoms with E-state index in [1.807, 2.05) is 0 Å². The van der Waals surface area contributed by atoms with Crippen LogP contribution in [0.1, 0.15) is 33.6 Å². The molecule has 1 aromatic carbocycles. The fourth-order valence-corrected chi connectivity index (χ4v) is 3.55. The van der Waals surface area contributed by atoms with Gasteiger partial charge in [-0.3, -0.25) is 9.52 Å². The summed E-state index contributed by atoms with van der Waals surface area (Å²) >= 11 is 0. The minimum absolute atomic E-state index is 0.229. The molecule has 29 heavy (non-hydrogen) atoms. The number of nitrogens with zero attached hydrogens (tertiary/aromatic N) is 1. The molecule has 1 heterocycles. The van der Waals surface area contributed by atoms with Crippen LogP contribution in [0.15, 0.2) is 18.2 Å². The lowest BCUT2D eigenvalue weighted by Crippen LogP contribution is -2.45. The molecule has 0 radical (unpaired) electrons. The first-order chi connectivity index (χ1) is 13.4. The molecule has 2 amide bonds. The van der Waals surface area contributed by atoms with Gasteiger partial charge in [-0.25, -0.2) is 13.2 Å². The van der Waals surface area contributed by atoms with Crippen molar-refractivity contribution in [3.8, 4) is 5.75 Å². The van der Waals surface area contributed by atoms with Crippen LogP contribution in [0.3, 0.4) is 0 Å². The van der Waals surface area contributed by atoms with Gasteiger partial charge in [0.25, 0.3) is 0 Å². The number of carbonyl (C=O) groups excluding carboxylic acids is 2. The topological polar surface area (TPSA) is 114 Å². The number of amides is 2. The Morgan fingerprint density at radius 1 is 1.24 bits per heavy atom. The van der Waals surface area contributed by atoms with Crippen molar-refractivity contribution in [1.82, 2.24) is 4.90 Å². The average Bonchev–Trinajstić information content (AvgIpc) is 2.59. The van der Waals surface area contributed by atoms with Gasteiger partial charge in [-0.05, 0) is 51.8 Å². The fraction of sp³-hybridized carbons (Fsp3) is 0.579. The molecule has 10 heteroatoms. The predicted octanol–water partition coefficient (Wildman–Crippen LogP) is 2.65. The number of piperidine rings is 1. The number of likely N-dealkylation sites (tertiary alicyclic amines) is 1. The molecule has 1 aromatic rings. The molecule has 2 N–H and O–H groups in total. The zero-order chi connectivity index (χ0) is 21.8. The van der Waals surface area contributed by atoms with Crippen LogP contribution in [0.4, 0.5) is 16.2 Å². The maximum absolute atomic E-state index is 12.7. The van der Waals surface area contributed by atoms with Crippen molar-refractivity contribution in [3.63, 3.8) is 0 Å². The molecule has 1 fully saturated rings. The van der Waals surface area contributed by atoms with Gasteiger partial charge in [0, 0.05) is 18.8 Å². The number of rotatable bonds is 5. The van der Waals surface area contributed by atoms with E-state index in [0.29, 0.717) is 30.8 Å². The van der Waals surface area contributed by atoms with E-state index >= 15 is 0 Å². The fourth-order valence-electron chi connectivity index (χ4n) is 2.99. The van der Waals surface area contributed by atoms with E-state index in [2.05, 4.69) is 10.0 Å². The van der Waals surface area contributed by atoms with Gasteiger partial charge in [-0.1, -0.05) is 0 Å². The van der Waals surface area contributed by atoms with Gasteiger partial charge in [-0.15, -0.1) is 0 Å². The molecule has 1 aliphatic heterocycles. The normalized spacial score (nSPS) is 17.4. The summed E-state index contributed by atoms with van der Waals surface area (Å²) in [6, 6.07) is 4.68. The van der Waals surface area contributed by atoms with Crippen molar-refractivity contribution in [2.24, 2.45) is 5.92 Å². The SMILES string of the molecule is COc1ccc(NC(=O)C2CCCN(C(=O)OC(C)(C)C)C2)cc1NS(C)(=O)=O. The number of benzene rings is 1. The molecule has 162 valence electrons. The monoisotopic (exact) mass is 427 g/mol. The zero-order valence-corrected chi connectivity index (χ0v) is 18.3. The van der Waals surface area contributed by atoms with E-state index < -0.39 is 21.7 Å². The standard InChI is InChI=1S/C19H29N3O6S/c1-19(2,3)28-18(24)22-10-6-7-13(12-22)17(23)20-14-8-9-16(27-4)15(11-14)21-29(5,25)26/h8-9,11,13,21H,6-7,10,12H2,1-5H3,(H,20,23). The highest BCUT2D eigenvalue weighted by Crippen LogP contribution is 2.29. The second-order valence-corrected chi connectivity index (χ2v) is 9.79. The average molecular weight is 428 g/mol. The molecule has 1 aliphatic rings. The molecule has 1 saturated heterocycles. The van der Waals surface area contributed by atoms with Crippen LogP contribution in [0.2, 0.25) is 0 Å². The van der Waals surface area contributed by atoms with Crippen LogP contribution in [0.25, 0.3) is 0 Å². The summed E-state index contributed by atoms with van der Waals surface area (Å²) in [5, 5.41) is 2.79. The van der Waals surface area contributed by atoms with Crippen LogP contribution in [0.5, 0.6) is 5.75 Å². The van der Waals surface area contributed by atoms with Crippen molar-refractivity contribution in [1.29, 1.82) is 0 Å². The van der Waals surface area contributed by atoms with Crippen LogP contribution >= 0.6 is 0 Å². The van der Waals surface area contributed by atoms with E-state index in [1.54, 1.807) is 37.8 Å². The van der Waals surface area contributed by atoms with Gasteiger partial charge in [-0.2, -0.15) is 0 Å². The van der Waals surface area contributed by atoms with E-state index in [4.69, 9.17) is 9.47 Å². The second-order valence-electron chi connectivity index (χ2n) is 8.04. The van der Waals surface area contributed by atoms with Crippen molar-refractivity contribution >= 4 is 33.4 Å². The third-order valence-electron chi connectivity index (χ3n) is 4.21. The highest BCUT2D eigenvalue weighted by molar-refractivity contribution is 7.92. The van der Waals surface area contributed by atoms with E-state index in [-0.39, 0.29) is 24.1 Å². The first-order valence-electron chi connectivity index (χ1n) is 9.32. The number of anilines is 2. The summed E-state index contributed by atoms with van der Waals surface area (Å²) in [5.74, 6) is -0.291. The quantitative estimate of drug-likeness (QED) is 0.747. The first kappa shape index (κ1) is 22.8. The largest absolute Gasteiger partial charge is 0.495 e. The van der Waals surface area contributed by atoms with Crippen LogP contribution < -0.4 is 14.8 Å². The molecule has 0 aromatic heterocycles. The summed E-state index contributed by atoms with van der Waals surface area (Å²) < 4.78 is 36.0. The highest BCUT2D eigenvalue weighted by atomic mass is 32.2. The van der Waals surface area contributed by atoms with Crippen molar-refractivity contribution < 1.29 is 27.5 Å². The molecule has 0 saturated carbocycles. The number of hydrogen-bond donors (Lipinski definition) is 2. The minimum Gasteiger partial charge on any atom is -0.495 e. The molecule has 0 bridgehead atoms. The summed E-state index contributed by atoms with van der Waals surface area (Å²) in [7, 11) is -2.08. The zero-order valence-electron chi connectivity index (χ0n) is 17.4. The Bertz CT molecular complexity index is 863. The molecule has 0 aliphatic carbocycles. The molecular formula is C19H29N3O6S.